The van der Waals surface area contributed by atoms with E-state index in [1.807, 2.05) is 18.2 Å². The van der Waals surface area contributed by atoms with Crippen LogP contribution in [0.5, 0.6) is 0 Å². The van der Waals surface area contributed by atoms with Crippen molar-refractivity contribution < 1.29 is 9.59 Å². The normalized spacial score (nSPS) is 11.1. The summed E-state index contributed by atoms with van der Waals surface area (Å²) in [6, 6.07) is 15.2. The van der Waals surface area contributed by atoms with Crippen molar-refractivity contribution in [2.75, 3.05) is 11.9 Å². The Bertz CT molecular complexity index is 1120. The minimum absolute atomic E-state index is 0.179. The van der Waals surface area contributed by atoms with Crippen LogP contribution in [-0.2, 0) is 0 Å². The zero-order valence-corrected chi connectivity index (χ0v) is 21.2. The first-order chi connectivity index (χ1) is 14.6. The molecular weight excluding hydrogens is 490 g/mol. The lowest BCUT2D eigenvalue weighted by Gasteiger charge is -2.18. The van der Waals surface area contributed by atoms with Gasteiger partial charge in [-0.15, -0.1) is 27.7 Å². The van der Waals surface area contributed by atoms with Gasteiger partial charge in [-0.2, -0.15) is 0 Å². The number of pyridine rings is 1. The lowest BCUT2D eigenvalue weighted by Crippen LogP contribution is -2.31. The molecule has 3 rings (SSSR count). The van der Waals surface area contributed by atoms with E-state index in [1.165, 1.54) is 12.1 Å². The van der Waals surface area contributed by atoms with Crippen LogP contribution in [0.25, 0.3) is 11.3 Å². The van der Waals surface area contributed by atoms with Gasteiger partial charge in [-0.05, 0) is 48.5 Å². The summed E-state index contributed by atoms with van der Waals surface area (Å²) in [6.45, 7) is 0.418. The number of aromatic nitrogens is 1. The molecule has 0 saturated carbocycles. The summed E-state index contributed by atoms with van der Waals surface area (Å²) in [6.07, 6.45) is 1.67. The van der Waals surface area contributed by atoms with Crippen molar-refractivity contribution >= 4 is 68.4 Å². The highest BCUT2D eigenvalue weighted by Crippen LogP contribution is 2.33. The Labute approximate surface area is 197 Å². The number of rotatable bonds is 6. The Kier molecular flexibility index (Phi) is 8.03. The molecule has 0 radical (unpaired) electrons. The molecule has 160 valence electrons. The number of nitrogens with zero attached hydrogens (tertiary/aromatic N) is 1. The quantitative estimate of drug-likeness (QED) is 0.442. The Hall–Kier alpha value is -1.60. The fraction of sp³-hybridized carbons (Fsp3) is 0.0952. The largest absolute Gasteiger partial charge is 0.350 e. The molecule has 3 aromatic rings. The number of hydrogen-bond acceptors (Lipinski definition) is 3. The average molecular weight is 510 g/mol. The number of carbonyl (C=O) groups is 2. The predicted octanol–water partition coefficient (Wildman–Crippen LogP) is 5.32. The van der Waals surface area contributed by atoms with Gasteiger partial charge in [0.15, 0.2) is 0 Å². The van der Waals surface area contributed by atoms with E-state index in [0.717, 1.165) is 0 Å². The standard InChI is InChI=1S/C21H20Cl2N3O2P3/c22-16-7-5-13(10-15(16)18-3-1-2-8-24-18)26-20(28)14-6-4-12(9-17(14)23)19(27)25-11-21(29,30)31/h1-10H,11,29-31H2,(H,25,27)(H,26,28). The molecule has 31 heavy (non-hydrogen) atoms. The van der Waals surface area contributed by atoms with E-state index in [-0.39, 0.29) is 21.1 Å². The van der Waals surface area contributed by atoms with Crippen LogP contribution in [0.4, 0.5) is 5.69 Å². The second kappa shape index (κ2) is 10.3. The molecule has 10 heteroatoms. The maximum absolute atomic E-state index is 12.8. The van der Waals surface area contributed by atoms with Gasteiger partial charge < -0.3 is 10.6 Å². The molecule has 0 spiro atoms. The number of amides is 2. The Morgan fingerprint density at radius 3 is 2.35 bits per heavy atom. The third kappa shape index (κ3) is 6.69. The summed E-state index contributed by atoms with van der Waals surface area (Å²) < 4.78 is -0.286. The Morgan fingerprint density at radius 1 is 0.935 bits per heavy atom. The van der Waals surface area contributed by atoms with Crippen LogP contribution in [0.15, 0.2) is 60.8 Å². The van der Waals surface area contributed by atoms with Crippen molar-refractivity contribution in [3.63, 3.8) is 0 Å². The Balaban J connectivity index is 1.76. The lowest BCUT2D eigenvalue weighted by molar-refractivity contribution is 0.0953. The molecule has 2 aromatic carbocycles. The van der Waals surface area contributed by atoms with Gasteiger partial charge in [-0.25, -0.2) is 0 Å². The number of carbonyl (C=O) groups excluding carboxylic acids is 2. The predicted molar refractivity (Wildman–Crippen MR) is 138 cm³/mol. The lowest BCUT2D eigenvalue weighted by atomic mass is 10.1. The van der Waals surface area contributed by atoms with Gasteiger partial charge in [0.1, 0.15) is 0 Å². The van der Waals surface area contributed by atoms with Crippen molar-refractivity contribution in [1.29, 1.82) is 0 Å². The second-order valence-electron chi connectivity index (χ2n) is 6.85. The van der Waals surface area contributed by atoms with Crippen LogP contribution in [0.3, 0.4) is 0 Å². The van der Waals surface area contributed by atoms with Gasteiger partial charge in [0.05, 0.1) is 21.3 Å². The highest BCUT2D eigenvalue weighted by Gasteiger charge is 2.17. The molecule has 1 aromatic heterocycles. The minimum atomic E-state index is -0.398. The van der Waals surface area contributed by atoms with Crippen LogP contribution < -0.4 is 10.6 Å². The number of anilines is 1. The van der Waals surface area contributed by atoms with Crippen LogP contribution in [0, 0.1) is 0 Å². The van der Waals surface area contributed by atoms with Crippen LogP contribution in [0.1, 0.15) is 20.7 Å². The molecule has 1 heterocycles. The molecule has 0 aliphatic rings. The molecule has 0 fully saturated rings. The van der Waals surface area contributed by atoms with Crippen molar-refractivity contribution in [2.45, 2.75) is 4.64 Å². The van der Waals surface area contributed by atoms with E-state index in [4.69, 9.17) is 23.2 Å². The van der Waals surface area contributed by atoms with Gasteiger partial charge in [-0.1, -0.05) is 29.3 Å². The summed E-state index contributed by atoms with van der Waals surface area (Å²) in [4.78, 5) is 29.4. The highest BCUT2D eigenvalue weighted by molar-refractivity contribution is 7.57. The first-order valence-electron chi connectivity index (χ1n) is 9.11. The van der Waals surface area contributed by atoms with Crippen molar-refractivity contribution in [3.8, 4) is 11.3 Å². The van der Waals surface area contributed by atoms with Gasteiger partial charge in [-0.3, -0.25) is 14.6 Å². The van der Waals surface area contributed by atoms with E-state index >= 15 is 0 Å². The van der Waals surface area contributed by atoms with E-state index in [9.17, 15) is 9.59 Å². The summed E-state index contributed by atoms with van der Waals surface area (Å²) in [5.74, 6) is -0.673. The molecule has 2 N–H and O–H groups in total. The van der Waals surface area contributed by atoms with Gasteiger partial charge in [0.2, 0.25) is 0 Å². The molecule has 5 nitrogen and oxygen atoms in total. The number of nitrogens with one attached hydrogen (secondary N) is 2. The fourth-order valence-corrected chi connectivity index (χ4v) is 3.48. The fourth-order valence-electron chi connectivity index (χ4n) is 2.70. The van der Waals surface area contributed by atoms with E-state index in [0.29, 0.717) is 34.1 Å². The zero-order chi connectivity index (χ0) is 22.6. The van der Waals surface area contributed by atoms with Crippen molar-refractivity contribution in [1.82, 2.24) is 10.3 Å². The molecular formula is C21H20Cl2N3O2P3. The van der Waals surface area contributed by atoms with Gasteiger partial charge >= 0.3 is 0 Å². The molecule has 0 saturated heterocycles. The first-order valence-corrected chi connectivity index (χ1v) is 11.6. The van der Waals surface area contributed by atoms with E-state index in [1.54, 1.807) is 30.5 Å². The second-order valence-corrected chi connectivity index (χ2v) is 12.9. The summed E-state index contributed by atoms with van der Waals surface area (Å²) in [7, 11) is 7.80. The maximum atomic E-state index is 12.8. The summed E-state index contributed by atoms with van der Waals surface area (Å²) in [5.41, 5.74) is 2.57. The van der Waals surface area contributed by atoms with Crippen molar-refractivity contribution in [2.24, 2.45) is 0 Å². The van der Waals surface area contributed by atoms with E-state index in [2.05, 4.69) is 43.3 Å². The smallest absolute Gasteiger partial charge is 0.257 e. The monoisotopic (exact) mass is 509 g/mol. The molecule has 0 bridgehead atoms. The van der Waals surface area contributed by atoms with Gasteiger partial charge in [0, 0.05) is 34.2 Å². The van der Waals surface area contributed by atoms with Crippen LogP contribution in [0.2, 0.25) is 10.0 Å². The van der Waals surface area contributed by atoms with Crippen LogP contribution >= 0.6 is 50.9 Å². The van der Waals surface area contributed by atoms with Gasteiger partial charge in [0.25, 0.3) is 11.8 Å². The summed E-state index contributed by atoms with van der Waals surface area (Å²) in [5, 5.41) is 6.32. The zero-order valence-electron chi connectivity index (χ0n) is 16.2. The molecule has 3 unspecified atom stereocenters. The molecule has 3 atom stereocenters. The highest BCUT2D eigenvalue weighted by atomic mass is 35.5. The van der Waals surface area contributed by atoms with E-state index < -0.39 is 5.91 Å². The molecule has 0 aliphatic carbocycles. The van der Waals surface area contributed by atoms with Crippen molar-refractivity contribution in [3.05, 3.63) is 82.0 Å². The topological polar surface area (TPSA) is 71.1 Å². The first kappa shape index (κ1) is 24.1. The average Bonchev–Trinajstić information content (AvgIpc) is 2.73. The SMILES string of the molecule is O=C(NCC(P)(P)P)c1ccc(C(=O)Nc2ccc(Cl)c(-c3ccccn3)c2)c(Cl)c1. The maximum Gasteiger partial charge on any atom is 0.257 e. The number of hydrogen-bond donors (Lipinski definition) is 2. The van der Waals surface area contributed by atoms with Crippen LogP contribution in [-0.4, -0.2) is 28.0 Å². The molecule has 0 aliphatic heterocycles. The third-order valence-corrected chi connectivity index (χ3v) is 5.45. The minimum Gasteiger partial charge on any atom is -0.350 e. The molecule has 2 amide bonds. The number of benzene rings is 2. The number of halogens is 2. The third-order valence-electron chi connectivity index (χ3n) is 4.20. The Morgan fingerprint density at radius 2 is 1.71 bits per heavy atom. The summed E-state index contributed by atoms with van der Waals surface area (Å²) >= 11 is 12.6.